The van der Waals surface area contributed by atoms with Crippen molar-refractivity contribution in [1.82, 2.24) is 14.5 Å². The maximum absolute atomic E-state index is 5.63. The normalized spacial score (nSPS) is 13.1. The van der Waals surface area contributed by atoms with E-state index in [0.717, 1.165) is 28.5 Å². The molecule has 0 radical (unpaired) electrons. The average molecular weight is 287 g/mol. The molecule has 0 saturated carbocycles. The van der Waals surface area contributed by atoms with E-state index in [0.29, 0.717) is 11.4 Å². The standard InChI is InChI=1S/C15H17N3OS/c1-3-19-10(2)9-18-14-11-6-4-5-7-12(11)16-8-13(14)17-15(18)20/h4-8,10H,3,9H2,1-2H3,(H,17,20). The summed E-state index contributed by atoms with van der Waals surface area (Å²) < 4.78 is 8.45. The van der Waals surface area contributed by atoms with Crippen molar-refractivity contribution in [2.75, 3.05) is 6.61 Å². The van der Waals surface area contributed by atoms with E-state index in [1.807, 2.05) is 31.3 Å². The lowest BCUT2D eigenvalue weighted by Gasteiger charge is -2.13. The number of aromatic amines is 1. The number of aromatic nitrogens is 3. The highest BCUT2D eigenvalue weighted by Crippen LogP contribution is 2.23. The van der Waals surface area contributed by atoms with E-state index >= 15 is 0 Å². The molecule has 1 aromatic carbocycles. The van der Waals surface area contributed by atoms with Crippen molar-refractivity contribution in [2.24, 2.45) is 0 Å². The Morgan fingerprint density at radius 3 is 3.00 bits per heavy atom. The molecule has 4 nitrogen and oxygen atoms in total. The van der Waals surface area contributed by atoms with Crippen LogP contribution >= 0.6 is 12.2 Å². The number of hydrogen-bond acceptors (Lipinski definition) is 3. The van der Waals surface area contributed by atoms with Gasteiger partial charge in [-0.2, -0.15) is 0 Å². The lowest BCUT2D eigenvalue weighted by molar-refractivity contribution is 0.0646. The minimum atomic E-state index is 0.123. The molecule has 2 aromatic heterocycles. The van der Waals surface area contributed by atoms with Gasteiger partial charge in [0.05, 0.1) is 35.4 Å². The molecule has 5 heteroatoms. The Morgan fingerprint density at radius 2 is 2.20 bits per heavy atom. The predicted molar refractivity (Wildman–Crippen MR) is 83.5 cm³/mol. The number of imidazole rings is 1. The van der Waals surface area contributed by atoms with Crippen LogP contribution in [0.4, 0.5) is 0 Å². The Bertz CT molecular complexity index is 806. The zero-order valence-electron chi connectivity index (χ0n) is 11.6. The van der Waals surface area contributed by atoms with Crippen LogP contribution in [0.25, 0.3) is 21.9 Å². The Hall–Kier alpha value is -1.72. The zero-order chi connectivity index (χ0) is 14.1. The van der Waals surface area contributed by atoms with Gasteiger partial charge in [-0.3, -0.25) is 4.98 Å². The Morgan fingerprint density at radius 1 is 1.40 bits per heavy atom. The topological polar surface area (TPSA) is 42.8 Å². The predicted octanol–water partition coefficient (Wildman–Crippen LogP) is 3.67. The van der Waals surface area contributed by atoms with Crippen molar-refractivity contribution in [3.05, 3.63) is 35.2 Å². The number of rotatable bonds is 4. The second-order valence-corrected chi connectivity index (χ2v) is 5.23. The van der Waals surface area contributed by atoms with Gasteiger partial charge >= 0.3 is 0 Å². The molecule has 0 bridgehead atoms. The smallest absolute Gasteiger partial charge is 0.178 e. The van der Waals surface area contributed by atoms with Gasteiger partial charge in [0.15, 0.2) is 4.77 Å². The Balaban J connectivity index is 2.22. The number of ether oxygens (including phenoxy) is 1. The summed E-state index contributed by atoms with van der Waals surface area (Å²) in [6, 6.07) is 8.11. The van der Waals surface area contributed by atoms with Gasteiger partial charge in [0.1, 0.15) is 0 Å². The molecule has 0 spiro atoms. The first-order chi connectivity index (χ1) is 9.70. The van der Waals surface area contributed by atoms with Crippen molar-refractivity contribution in [1.29, 1.82) is 0 Å². The highest BCUT2D eigenvalue weighted by atomic mass is 32.1. The van der Waals surface area contributed by atoms with Gasteiger partial charge in [-0.1, -0.05) is 18.2 Å². The summed E-state index contributed by atoms with van der Waals surface area (Å²) in [7, 11) is 0. The quantitative estimate of drug-likeness (QED) is 0.744. The van der Waals surface area contributed by atoms with Crippen LogP contribution in [0.3, 0.4) is 0 Å². The molecular weight excluding hydrogens is 270 g/mol. The highest BCUT2D eigenvalue weighted by molar-refractivity contribution is 7.71. The molecule has 3 rings (SSSR count). The summed E-state index contributed by atoms with van der Waals surface area (Å²) in [5.74, 6) is 0. The molecule has 0 aliphatic rings. The minimum absolute atomic E-state index is 0.123. The zero-order valence-corrected chi connectivity index (χ0v) is 12.4. The molecule has 2 heterocycles. The SMILES string of the molecule is CCOC(C)Cn1c(=S)[nH]c2cnc3ccccc3c21. The second-order valence-electron chi connectivity index (χ2n) is 4.84. The maximum atomic E-state index is 5.63. The molecule has 0 saturated heterocycles. The minimum Gasteiger partial charge on any atom is -0.377 e. The number of fused-ring (bicyclic) bond motifs is 3. The maximum Gasteiger partial charge on any atom is 0.178 e. The van der Waals surface area contributed by atoms with Gasteiger partial charge in [-0.05, 0) is 32.1 Å². The summed E-state index contributed by atoms with van der Waals surface area (Å²) >= 11 is 5.44. The summed E-state index contributed by atoms with van der Waals surface area (Å²) in [6.07, 6.45) is 1.97. The monoisotopic (exact) mass is 287 g/mol. The Labute approximate surface area is 122 Å². The number of pyridine rings is 1. The first kappa shape index (κ1) is 13.3. The largest absolute Gasteiger partial charge is 0.377 e. The van der Waals surface area contributed by atoms with Crippen LogP contribution < -0.4 is 0 Å². The number of nitrogens with one attached hydrogen (secondary N) is 1. The molecule has 0 aliphatic carbocycles. The molecule has 1 atom stereocenters. The number of nitrogens with zero attached hydrogens (tertiary/aromatic N) is 2. The van der Waals surface area contributed by atoms with Crippen molar-refractivity contribution in [3.8, 4) is 0 Å². The van der Waals surface area contributed by atoms with Crippen LogP contribution in [0.5, 0.6) is 0 Å². The summed E-state index contributed by atoms with van der Waals surface area (Å²) in [4.78, 5) is 7.68. The number of hydrogen-bond donors (Lipinski definition) is 1. The van der Waals surface area contributed by atoms with E-state index in [-0.39, 0.29) is 6.10 Å². The number of benzene rings is 1. The van der Waals surface area contributed by atoms with Gasteiger partial charge in [-0.25, -0.2) is 0 Å². The van der Waals surface area contributed by atoms with E-state index in [2.05, 4.69) is 27.5 Å². The molecule has 0 fully saturated rings. The fourth-order valence-corrected chi connectivity index (χ4v) is 2.84. The molecule has 1 unspecified atom stereocenters. The van der Waals surface area contributed by atoms with E-state index in [4.69, 9.17) is 17.0 Å². The van der Waals surface area contributed by atoms with Crippen molar-refractivity contribution < 1.29 is 4.74 Å². The van der Waals surface area contributed by atoms with Crippen molar-refractivity contribution in [2.45, 2.75) is 26.5 Å². The number of para-hydroxylation sites is 1. The highest BCUT2D eigenvalue weighted by Gasteiger charge is 2.11. The third kappa shape index (κ3) is 2.23. The van der Waals surface area contributed by atoms with E-state index in [1.165, 1.54) is 0 Å². The van der Waals surface area contributed by atoms with Gasteiger partial charge in [0.2, 0.25) is 0 Å². The molecule has 0 aliphatic heterocycles. The molecule has 20 heavy (non-hydrogen) atoms. The third-order valence-electron chi connectivity index (χ3n) is 3.39. The molecule has 3 aromatic rings. The van der Waals surface area contributed by atoms with Gasteiger partial charge in [0, 0.05) is 12.0 Å². The lowest BCUT2D eigenvalue weighted by atomic mass is 10.2. The first-order valence-electron chi connectivity index (χ1n) is 6.78. The van der Waals surface area contributed by atoms with Crippen LogP contribution in [0.15, 0.2) is 30.5 Å². The van der Waals surface area contributed by atoms with E-state index in [9.17, 15) is 0 Å². The molecule has 0 amide bonds. The van der Waals surface area contributed by atoms with Crippen LogP contribution in [0, 0.1) is 4.77 Å². The van der Waals surface area contributed by atoms with Gasteiger partial charge in [0.25, 0.3) is 0 Å². The van der Waals surface area contributed by atoms with Gasteiger partial charge < -0.3 is 14.3 Å². The lowest BCUT2D eigenvalue weighted by Crippen LogP contribution is -2.16. The Kier molecular flexibility index (Phi) is 3.54. The number of H-pyrrole nitrogens is 1. The van der Waals surface area contributed by atoms with Crippen LogP contribution in [-0.4, -0.2) is 27.2 Å². The third-order valence-corrected chi connectivity index (χ3v) is 3.72. The first-order valence-corrected chi connectivity index (χ1v) is 7.19. The van der Waals surface area contributed by atoms with Crippen LogP contribution in [0.2, 0.25) is 0 Å². The second kappa shape index (κ2) is 5.34. The summed E-state index contributed by atoms with van der Waals surface area (Å²) in [5, 5.41) is 1.11. The average Bonchev–Trinajstić information content (AvgIpc) is 2.76. The summed E-state index contributed by atoms with van der Waals surface area (Å²) in [6.45, 7) is 5.51. The van der Waals surface area contributed by atoms with Crippen molar-refractivity contribution >= 4 is 34.2 Å². The summed E-state index contributed by atoms with van der Waals surface area (Å²) in [5.41, 5.74) is 3.05. The van der Waals surface area contributed by atoms with E-state index < -0.39 is 0 Å². The fourth-order valence-electron chi connectivity index (χ4n) is 2.56. The van der Waals surface area contributed by atoms with Crippen LogP contribution in [-0.2, 0) is 11.3 Å². The van der Waals surface area contributed by atoms with Crippen LogP contribution in [0.1, 0.15) is 13.8 Å². The van der Waals surface area contributed by atoms with E-state index in [1.54, 1.807) is 0 Å². The van der Waals surface area contributed by atoms with Crippen molar-refractivity contribution in [3.63, 3.8) is 0 Å². The molecular formula is C15H17N3OS. The molecule has 1 N–H and O–H groups in total. The fraction of sp³-hybridized carbons (Fsp3) is 0.333. The molecule has 104 valence electrons. The van der Waals surface area contributed by atoms with Gasteiger partial charge in [-0.15, -0.1) is 0 Å².